The maximum atomic E-state index is 13.6. The average molecular weight is 519 g/mol. The summed E-state index contributed by atoms with van der Waals surface area (Å²) in [5.74, 6) is 1.75. The number of nitrogens with zero attached hydrogens (tertiary/aromatic N) is 2. The molecule has 0 unspecified atom stereocenters. The zero-order valence-electron chi connectivity index (χ0n) is 19.4. The molecule has 5 nitrogen and oxygen atoms in total. The molecule has 0 N–H and O–H groups in total. The van der Waals surface area contributed by atoms with Crippen molar-refractivity contribution < 1.29 is 18.7 Å². The maximum absolute atomic E-state index is 13.6. The summed E-state index contributed by atoms with van der Waals surface area (Å²) < 4.78 is 28.8. The fraction of sp³-hybridized carbons (Fsp3) is 0.615. The van der Waals surface area contributed by atoms with Gasteiger partial charge in [0.05, 0.1) is 19.1 Å². The van der Waals surface area contributed by atoms with Crippen LogP contribution >= 0.6 is 15.9 Å². The highest BCUT2D eigenvalue weighted by Gasteiger charge is 2.52. The van der Waals surface area contributed by atoms with Gasteiger partial charge in [-0.25, -0.2) is 9.37 Å². The lowest BCUT2D eigenvalue weighted by Gasteiger charge is -2.45. The van der Waals surface area contributed by atoms with Crippen LogP contribution in [-0.2, 0) is 31.8 Å². The highest BCUT2D eigenvalue weighted by Crippen LogP contribution is 2.51. The van der Waals surface area contributed by atoms with Gasteiger partial charge >= 0.3 is 5.97 Å². The Hall–Kier alpha value is -1.73. The van der Waals surface area contributed by atoms with Crippen molar-refractivity contribution >= 4 is 21.9 Å². The Morgan fingerprint density at radius 3 is 2.33 bits per heavy atom. The molecule has 33 heavy (non-hydrogen) atoms. The van der Waals surface area contributed by atoms with Crippen LogP contribution in [0.5, 0.6) is 0 Å². The molecule has 1 aromatic carbocycles. The topological polar surface area (TPSA) is 53.4 Å². The quantitative estimate of drug-likeness (QED) is 0.413. The third kappa shape index (κ3) is 4.39. The number of esters is 1. The van der Waals surface area contributed by atoms with Crippen LogP contribution in [0.15, 0.2) is 28.9 Å². The number of aromatic nitrogens is 2. The molecule has 0 radical (unpaired) electrons. The minimum atomic E-state index is -0.797. The van der Waals surface area contributed by atoms with Crippen molar-refractivity contribution in [3.63, 3.8) is 0 Å². The van der Waals surface area contributed by atoms with Gasteiger partial charge in [0.15, 0.2) is 0 Å². The Morgan fingerprint density at radius 1 is 1.12 bits per heavy atom. The van der Waals surface area contributed by atoms with E-state index in [1.165, 1.54) is 44.9 Å². The molecular weight excluding hydrogens is 487 g/mol. The molecule has 5 rings (SSSR count). The van der Waals surface area contributed by atoms with Crippen molar-refractivity contribution in [2.24, 2.45) is 11.8 Å². The summed E-state index contributed by atoms with van der Waals surface area (Å²) >= 11 is 3.66. The van der Waals surface area contributed by atoms with E-state index in [4.69, 9.17) is 14.5 Å². The van der Waals surface area contributed by atoms with E-state index in [0.29, 0.717) is 37.5 Å². The number of halogens is 2. The van der Waals surface area contributed by atoms with Gasteiger partial charge in [0, 0.05) is 12.2 Å². The molecule has 2 aromatic rings. The lowest BCUT2D eigenvalue weighted by atomic mass is 9.64. The fourth-order valence-electron chi connectivity index (χ4n) is 5.28. The van der Waals surface area contributed by atoms with E-state index < -0.39 is 11.0 Å². The third-order valence-electron chi connectivity index (χ3n) is 7.88. The highest BCUT2D eigenvalue weighted by atomic mass is 79.9. The first-order chi connectivity index (χ1) is 15.9. The molecule has 7 heteroatoms. The monoisotopic (exact) mass is 518 g/mol. The minimum Gasteiger partial charge on any atom is -0.468 e. The van der Waals surface area contributed by atoms with E-state index >= 15 is 0 Å². The van der Waals surface area contributed by atoms with Crippen LogP contribution in [0.25, 0.3) is 0 Å². The Bertz CT molecular complexity index is 1020. The fourth-order valence-corrected chi connectivity index (χ4v) is 5.67. The normalized spacial score (nSPS) is 27.5. The Balaban J connectivity index is 1.50. The number of benzene rings is 1. The van der Waals surface area contributed by atoms with Crippen LogP contribution < -0.4 is 0 Å². The number of hydrogen-bond acceptors (Lipinski definition) is 4. The molecule has 0 aliphatic heterocycles. The van der Waals surface area contributed by atoms with Crippen molar-refractivity contribution in [2.75, 3.05) is 13.7 Å². The van der Waals surface area contributed by atoms with Gasteiger partial charge in [-0.15, -0.1) is 0 Å². The molecule has 3 aliphatic carbocycles. The molecule has 0 saturated heterocycles. The molecular formula is C26H32BrFN2O3. The number of ether oxygens (including phenoxy) is 2. The van der Waals surface area contributed by atoms with Crippen molar-refractivity contribution in [3.05, 3.63) is 51.8 Å². The van der Waals surface area contributed by atoms with E-state index in [1.807, 2.05) is 0 Å². The van der Waals surface area contributed by atoms with Gasteiger partial charge < -0.3 is 14.0 Å². The Kier molecular flexibility index (Phi) is 6.15. The molecule has 3 fully saturated rings. The van der Waals surface area contributed by atoms with Gasteiger partial charge in [-0.2, -0.15) is 0 Å². The number of methoxy groups -OCH3 is 1. The number of carbonyl (C=O) groups is 1. The van der Waals surface area contributed by atoms with Gasteiger partial charge in [0.25, 0.3) is 0 Å². The average Bonchev–Trinajstić information content (AvgIpc) is 3.75. The van der Waals surface area contributed by atoms with Gasteiger partial charge in [0.1, 0.15) is 21.8 Å². The largest absolute Gasteiger partial charge is 0.468 e. The highest BCUT2D eigenvalue weighted by molar-refractivity contribution is 9.10. The summed E-state index contributed by atoms with van der Waals surface area (Å²) in [5, 5.41) is 0. The molecule has 0 bridgehead atoms. The first-order valence-electron chi connectivity index (χ1n) is 12.1. The van der Waals surface area contributed by atoms with E-state index in [9.17, 15) is 9.18 Å². The predicted molar refractivity (Wildman–Crippen MR) is 126 cm³/mol. The Labute approximate surface area is 203 Å². The lowest BCUT2D eigenvalue weighted by molar-refractivity contribution is -0.155. The van der Waals surface area contributed by atoms with Crippen molar-refractivity contribution in [1.29, 1.82) is 0 Å². The molecule has 3 saturated carbocycles. The van der Waals surface area contributed by atoms with Crippen molar-refractivity contribution in [2.45, 2.75) is 75.9 Å². The van der Waals surface area contributed by atoms with Crippen LogP contribution in [0.2, 0.25) is 0 Å². The molecule has 1 aromatic heterocycles. The summed E-state index contributed by atoms with van der Waals surface area (Å²) in [4.78, 5) is 18.1. The predicted octanol–water partition coefficient (Wildman–Crippen LogP) is 5.81. The smallest absolute Gasteiger partial charge is 0.316 e. The molecule has 178 valence electrons. The number of carbonyl (C=O) groups excluding carboxylic acids is 1. The van der Waals surface area contributed by atoms with Crippen LogP contribution in [0.3, 0.4) is 0 Å². The summed E-state index contributed by atoms with van der Waals surface area (Å²) in [6.07, 6.45) is 7.45. The standard InChI is InChI=1S/C26H32BrFN2O3/c1-17-22(27)29-23(30(17)15-18-3-4-18)26(33-16-19-5-6-19)13-11-25(12-14-26,24(31)32-2)20-7-9-21(28)10-8-20/h7-10,18-19H,3-6,11-16H2,1-2H3. The van der Waals surface area contributed by atoms with Gasteiger partial charge in [-0.1, -0.05) is 12.1 Å². The second-order valence-electron chi connectivity index (χ2n) is 10.2. The number of hydrogen-bond donors (Lipinski definition) is 0. The summed E-state index contributed by atoms with van der Waals surface area (Å²) in [5.41, 5.74) is 0.612. The Morgan fingerprint density at radius 2 is 1.76 bits per heavy atom. The molecule has 3 aliphatic rings. The second-order valence-corrected chi connectivity index (χ2v) is 10.9. The van der Waals surface area contributed by atoms with Crippen molar-refractivity contribution in [3.8, 4) is 0 Å². The van der Waals surface area contributed by atoms with E-state index in [2.05, 4.69) is 27.4 Å². The molecule has 0 amide bonds. The SMILES string of the molecule is COC(=O)C1(c2ccc(F)cc2)CCC(OCC2CC2)(c2nc(Br)c(C)n2CC2CC2)CC1. The van der Waals surface area contributed by atoms with Crippen LogP contribution in [0, 0.1) is 24.6 Å². The summed E-state index contributed by atoms with van der Waals surface area (Å²) in [6.45, 7) is 3.81. The number of rotatable bonds is 8. The zero-order chi connectivity index (χ0) is 23.2. The van der Waals surface area contributed by atoms with E-state index in [1.54, 1.807) is 12.1 Å². The first kappa shape index (κ1) is 23.0. The lowest BCUT2D eigenvalue weighted by Crippen LogP contribution is -2.47. The molecule has 0 atom stereocenters. The van der Waals surface area contributed by atoms with Gasteiger partial charge in [-0.3, -0.25) is 4.79 Å². The summed E-state index contributed by atoms with van der Waals surface area (Å²) in [7, 11) is 1.43. The number of imidazole rings is 1. The maximum Gasteiger partial charge on any atom is 0.316 e. The molecule has 0 spiro atoms. The van der Waals surface area contributed by atoms with Crippen molar-refractivity contribution in [1.82, 2.24) is 9.55 Å². The van der Waals surface area contributed by atoms with Gasteiger partial charge in [0.2, 0.25) is 0 Å². The minimum absolute atomic E-state index is 0.261. The van der Waals surface area contributed by atoms with Crippen LogP contribution in [0.1, 0.15) is 68.4 Å². The second kappa shape index (κ2) is 8.81. The van der Waals surface area contributed by atoms with Crippen LogP contribution in [-0.4, -0.2) is 29.2 Å². The van der Waals surface area contributed by atoms with Crippen LogP contribution in [0.4, 0.5) is 4.39 Å². The third-order valence-corrected chi connectivity index (χ3v) is 8.64. The van der Waals surface area contributed by atoms with E-state index in [0.717, 1.165) is 34.8 Å². The van der Waals surface area contributed by atoms with E-state index in [-0.39, 0.29) is 11.8 Å². The summed E-state index contributed by atoms with van der Waals surface area (Å²) in [6, 6.07) is 6.29. The van der Waals surface area contributed by atoms with Gasteiger partial charge in [-0.05, 0) is 104 Å². The first-order valence-corrected chi connectivity index (χ1v) is 12.9. The molecule has 1 heterocycles. The zero-order valence-corrected chi connectivity index (χ0v) is 21.0.